The molecule has 3 rings (SSSR count). The number of nitrogens with zero attached hydrogens (tertiary/aromatic N) is 1. The number of oxazole rings is 1. The van der Waals surface area contributed by atoms with Crippen LogP contribution in [0.4, 0.5) is 0 Å². The second-order valence-electron chi connectivity index (χ2n) is 4.49. The van der Waals surface area contributed by atoms with Gasteiger partial charge in [-0.15, -0.1) is 0 Å². The zero-order valence-corrected chi connectivity index (χ0v) is 12.9. The lowest BCUT2D eigenvalue weighted by molar-refractivity contribution is 0.0601. The van der Waals surface area contributed by atoms with Crippen LogP contribution in [0.2, 0.25) is 0 Å². The molecule has 0 amide bonds. The minimum atomic E-state index is -0.408. The first-order valence-electron chi connectivity index (χ1n) is 6.36. The van der Waals surface area contributed by atoms with E-state index >= 15 is 0 Å². The van der Waals surface area contributed by atoms with Gasteiger partial charge in [-0.05, 0) is 29.8 Å². The van der Waals surface area contributed by atoms with E-state index in [1.807, 2.05) is 24.3 Å². The average Bonchev–Trinajstić information content (AvgIpc) is 2.96. The number of fused-ring (bicyclic) bond motifs is 1. The van der Waals surface area contributed by atoms with Crippen molar-refractivity contribution >= 4 is 33.0 Å². The molecule has 0 spiro atoms. The first-order chi connectivity index (χ1) is 10.2. The Morgan fingerprint density at radius 3 is 2.86 bits per heavy atom. The third kappa shape index (κ3) is 2.56. The van der Waals surface area contributed by atoms with Crippen LogP contribution < -0.4 is 0 Å². The quantitative estimate of drug-likeness (QED) is 0.527. The number of carbonyl (C=O) groups excluding carboxylic acids is 1. The van der Waals surface area contributed by atoms with Crippen molar-refractivity contribution in [3.63, 3.8) is 0 Å². The third-order valence-corrected chi connectivity index (χ3v) is 3.82. The molecule has 0 unspecified atom stereocenters. The maximum Gasteiger partial charge on any atom is 0.338 e. The van der Waals surface area contributed by atoms with Crippen molar-refractivity contribution < 1.29 is 13.9 Å². The number of methoxy groups -OCH3 is 1. The number of halogens is 1. The van der Waals surface area contributed by atoms with Crippen molar-refractivity contribution in [2.45, 2.75) is 5.33 Å². The number of hydrogen-bond donors (Lipinski definition) is 0. The average molecular weight is 346 g/mol. The summed E-state index contributed by atoms with van der Waals surface area (Å²) < 4.78 is 10.6. The van der Waals surface area contributed by atoms with Crippen molar-refractivity contribution in [1.29, 1.82) is 0 Å². The van der Waals surface area contributed by atoms with Crippen LogP contribution in [0.5, 0.6) is 0 Å². The topological polar surface area (TPSA) is 52.3 Å². The molecule has 21 heavy (non-hydrogen) atoms. The molecule has 0 fully saturated rings. The lowest BCUT2D eigenvalue weighted by Gasteiger charge is -2.03. The van der Waals surface area contributed by atoms with E-state index in [9.17, 15) is 4.79 Å². The van der Waals surface area contributed by atoms with Gasteiger partial charge in [-0.3, -0.25) is 0 Å². The Kier molecular flexibility index (Phi) is 3.75. The normalized spacial score (nSPS) is 10.8. The van der Waals surface area contributed by atoms with E-state index in [0.29, 0.717) is 22.6 Å². The van der Waals surface area contributed by atoms with Gasteiger partial charge in [0, 0.05) is 5.33 Å². The van der Waals surface area contributed by atoms with Gasteiger partial charge in [0.25, 0.3) is 0 Å². The van der Waals surface area contributed by atoms with E-state index in [2.05, 4.69) is 20.9 Å². The Labute approximate surface area is 129 Å². The summed E-state index contributed by atoms with van der Waals surface area (Å²) in [5.74, 6) is 0.00623. The van der Waals surface area contributed by atoms with Crippen LogP contribution in [0.25, 0.3) is 22.6 Å². The molecule has 0 atom stereocenters. The van der Waals surface area contributed by atoms with Crippen molar-refractivity contribution in [2.75, 3.05) is 7.11 Å². The fourth-order valence-electron chi connectivity index (χ4n) is 2.12. The summed E-state index contributed by atoms with van der Waals surface area (Å²) in [6.45, 7) is 0. The van der Waals surface area contributed by atoms with E-state index in [0.717, 1.165) is 16.4 Å². The summed E-state index contributed by atoms with van der Waals surface area (Å²) in [4.78, 5) is 16.3. The molecule has 0 aliphatic rings. The van der Waals surface area contributed by atoms with Crippen LogP contribution >= 0.6 is 15.9 Å². The lowest BCUT2D eigenvalue weighted by Crippen LogP contribution is -2.03. The number of hydrogen-bond acceptors (Lipinski definition) is 4. The minimum absolute atomic E-state index is 0.408. The van der Waals surface area contributed by atoms with Gasteiger partial charge in [-0.1, -0.05) is 34.1 Å². The summed E-state index contributed by atoms with van der Waals surface area (Å²) >= 11 is 3.41. The minimum Gasteiger partial charge on any atom is -0.465 e. The standard InChI is InChI=1S/C16H12BrNO3/c1-20-16(19)12-5-3-2-4-11(12)15-18-13-7-6-10(9-17)8-14(13)21-15/h2-8H,9H2,1H3. The zero-order valence-electron chi connectivity index (χ0n) is 11.3. The highest BCUT2D eigenvalue weighted by molar-refractivity contribution is 9.08. The SMILES string of the molecule is COC(=O)c1ccccc1-c1nc2ccc(CBr)cc2o1. The molecule has 106 valence electrons. The summed E-state index contributed by atoms with van der Waals surface area (Å²) in [5.41, 5.74) is 3.62. The van der Waals surface area contributed by atoms with Crippen molar-refractivity contribution in [3.8, 4) is 11.5 Å². The Balaban J connectivity index is 2.14. The summed E-state index contributed by atoms with van der Waals surface area (Å²) in [6, 6.07) is 12.9. The molecule has 5 heteroatoms. The molecule has 2 aromatic carbocycles. The van der Waals surface area contributed by atoms with Crippen molar-refractivity contribution in [2.24, 2.45) is 0 Å². The Hall–Kier alpha value is -2.14. The van der Waals surface area contributed by atoms with Gasteiger partial charge in [0.05, 0.1) is 18.2 Å². The fourth-order valence-corrected chi connectivity index (χ4v) is 2.47. The molecule has 1 heterocycles. The predicted octanol–water partition coefficient (Wildman–Crippen LogP) is 4.18. The van der Waals surface area contributed by atoms with Gasteiger partial charge in [0.15, 0.2) is 5.58 Å². The van der Waals surface area contributed by atoms with Gasteiger partial charge in [0.1, 0.15) is 5.52 Å². The van der Waals surface area contributed by atoms with Crippen LogP contribution in [0.3, 0.4) is 0 Å². The molecular formula is C16H12BrNO3. The van der Waals surface area contributed by atoms with Gasteiger partial charge in [-0.25, -0.2) is 9.78 Å². The molecule has 0 radical (unpaired) electrons. The van der Waals surface area contributed by atoms with Crippen LogP contribution in [-0.4, -0.2) is 18.1 Å². The molecule has 0 saturated carbocycles. The van der Waals surface area contributed by atoms with Gasteiger partial charge in [0.2, 0.25) is 5.89 Å². The number of benzene rings is 2. The largest absolute Gasteiger partial charge is 0.465 e. The van der Waals surface area contributed by atoms with Gasteiger partial charge >= 0.3 is 5.97 Å². The van der Waals surface area contributed by atoms with E-state index in [1.54, 1.807) is 18.2 Å². The Morgan fingerprint density at radius 2 is 2.10 bits per heavy atom. The van der Waals surface area contributed by atoms with E-state index < -0.39 is 5.97 Å². The summed E-state index contributed by atoms with van der Waals surface area (Å²) in [7, 11) is 1.35. The molecular weight excluding hydrogens is 334 g/mol. The van der Waals surface area contributed by atoms with Crippen molar-refractivity contribution in [1.82, 2.24) is 4.98 Å². The molecule has 0 bridgehead atoms. The molecule has 0 aliphatic heterocycles. The van der Waals surface area contributed by atoms with Crippen LogP contribution in [0.15, 0.2) is 46.9 Å². The molecule has 4 nitrogen and oxygen atoms in total. The van der Waals surface area contributed by atoms with Crippen LogP contribution in [0, 0.1) is 0 Å². The zero-order chi connectivity index (χ0) is 14.8. The van der Waals surface area contributed by atoms with Gasteiger partial charge in [-0.2, -0.15) is 0 Å². The monoisotopic (exact) mass is 345 g/mol. The Bertz CT molecular complexity index is 810. The maximum atomic E-state index is 11.8. The molecule has 0 saturated heterocycles. The Morgan fingerprint density at radius 1 is 1.29 bits per heavy atom. The van der Waals surface area contributed by atoms with Gasteiger partial charge < -0.3 is 9.15 Å². The smallest absolute Gasteiger partial charge is 0.338 e. The first kappa shape index (κ1) is 13.8. The van der Waals surface area contributed by atoms with E-state index in [4.69, 9.17) is 9.15 Å². The molecule has 1 aromatic heterocycles. The predicted molar refractivity (Wildman–Crippen MR) is 83.4 cm³/mol. The highest BCUT2D eigenvalue weighted by Gasteiger charge is 2.17. The number of aromatic nitrogens is 1. The number of carbonyl (C=O) groups is 1. The molecule has 0 aliphatic carbocycles. The summed E-state index contributed by atoms with van der Waals surface area (Å²) in [6.07, 6.45) is 0. The lowest BCUT2D eigenvalue weighted by atomic mass is 10.1. The first-order valence-corrected chi connectivity index (χ1v) is 7.48. The highest BCUT2D eigenvalue weighted by Crippen LogP contribution is 2.28. The fraction of sp³-hybridized carbons (Fsp3) is 0.125. The summed E-state index contributed by atoms with van der Waals surface area (Å²) in [5, 5.41) is 0.748. The number of esters is 1. The van der Waals surface area contributed by atoms with E-state index in [1.165, 1.54) is 7.11 Å². The second-order valence-corrected chi connectivity index (χ2v) is 5.05. The number of alkyl halides is 1. The number of ether oxygens (including phenoxy) is 1. The van der Waals surface area contributed by atoms with Crippen LogP contribution in [0.1, 0.15) is 15.9 Å². The van der Waals surface area contributed by atoms with Crippen LogP contribution in [-0.2, 0) is 10.1 Å². The molecule has 3 aromatic rings. The third-order valence-electron chi connectivity index (χ3n) is 3.17. The number of rotatable bonds is 3. The van der Waals surface area contributed by atoms with Crippen molar-refractivity contribution in [3.05, 3.63) is 53.6 Å². The highest BCUT2D eigenvalue weighted by atomic mass is 79.9. The molecule has 0 N–H and O–H groups in total. The maximum absolute atomic E-state index is 11.8. The van der Waals surface area contributed by atoms with E-state index in [-0.39, 0.29) is 0 Å². The second kappa shape index (κ2) is 5.69.